The number of carbonyl (C=O) groups is 1. The highest BCUT2D eigenvalue weighted by Gasteiger charge is 2.13. The maximum Gasteiger partial charge on any atom is 0.252 e. The second-order valence-electron chi connectivity index (χ2n) is 5.58. The summed E-state index contributed by atoms with van der Waals surface area (Å²) in [6, 6.07) is 17.4. The summed E-state index contributed by atoms with van der Waals surface area (Å²) in [7, 11) is 0. The molecule has 128 valence electrons. The van der Waals surface area contributed by atoms with Crippen molar-refractivity contribution in [1.29, 1.82) is 0 Å². The van der Waals surface area contributed by atoms with E-state index in [4.69, 9.17) is 4.74 Å². The Labute approximate surface area is 144 Å². The molecule has 6 nitrogen and oxygen atoms in total. The van der Waals surface area contributed by atoms with Crippen molar-refractivity contribution in [2.24, 2.45) is 0 Å². The summed E-state index contributed by atoms with van der Waals surface area (Å²) < 4.78 is 5.44. The fourth-order valence-electron chi connectivity index (χ4n) is 2.47. The Morgan fingerprint density at radius 1 is 1.12 bits per heavy atom. The minimum absolute atomic E-state index is 0.0206. The lowest BCUT2D eigenvalue weighted by Gasteiger charge is -2.14. The number of pyridine rings is 1. The van der Waals surface area contributed by atoms with Crippen molar-refractivity contribution in [2.45, 2.75) is 6.10 Å². The number of nitrogens with one attached hydrogen (secondary N) is 2. The number of aliphatic hydroxyl groups excluding tert-OH is 1. The quantitative estimate of drug-likeness (QED) is 0.638. The van der Waals surface area contributed by atoms with Crippen LogP contribution < -0.4 is 15.6 Å². The van der Waals surface area contributed by atoms with Gasteiger partial charge in [-0.1, -0.05) is 36.4 Å². The molecule has 2 aromatic carbocycles. The predicted octanol–water partition coefficient (Wildman–Crippen LogP) is 1.70. The third-order valence-corrected chi connectivity index (χ3v) is 3.68. The summed E-state index contributed by atoms with van der Waals surface area (Å²) in [4.78, 5) is 26.8. The molecule has 0 radical (unpaired) electrons. The Hall–Kier alpha value is -3.12. The van der Waals surface area contributed by atoms with Crippen molar-refractivity contribution in [2.75, 3.05) is 13.2 Å². The van der Waals surface area contributed by atoms with E-state index in [-0.39, 0.29) is 24.3 Å². The average molecular weight is 338 g/mol. The largest absolute Gasteiger partial charge is 0.491 e. The van der Waals surface area contributed by atoms with E-state index in [0.29, 0.717) is 16.7 Å². The number of aromatic nitrogens is 1. The number of ether oxygens (including phenoxy) is 1. The number of benzene rings is 2. The molecule has 1 atom stereocenters. The molecule has 0 saturated heterocycles. The molecule has 1 aromatic heterocycles. The lowest BCUT2D eigenvalue weighted by Crippen LogP contribution is -2.35. The fourth-order valence-corrected chi connectivity index (χ4v) is 2.47. The zero-order chi connectivity index (χ0) is 17.6. The minimum Gasteiger partial charge on any atom is -0.491 e. The number of carbonyl (C=O) groups excluding carboxylic acids is 1. The van der Waals surface area contributed by atoms with E-state index in [1.165, 1.54) is 6.07 Å². The highest BCUT2D eigenvalue weighted by Crippen LogP contribution is 2.14. The predicted molar refractivity (Wildman–Crippen MR) is 94.8 cm³/mol. The second kappa shape index (κ2) is 7.63. The van der Waals surface area contributed by atoms with E-state index in [0.717, 1.165) is 0 Å². The van der Waals surface area contributed by atoms with E-state index in [9.17, 15) is 14.7 Å². The monoisotopic (exact) mass is 338 g/mol. The zero-order valence-electron chi connectivity index (χ0n) is 13.4. The van der Waals surface area contributed by atoms with Crippen molar-refractivity contribution >= 4 is 16.8 Å². The molecule has 3 N–H and O–H groups in total. The number of aliphatic hydroxyl groups is 1. The number of H-pyrrole nitrogens is 1. The minimum atomic E-state index is -0.864. The lowest BCUT2D eigenvalue weighted by atomic mass is 10.1. The first-order valence-corrected chi connectivity index (χ1v) is 7.89. The number of hydrogen-bond donors (Lipinski definition) is 3. The third kappa shape index (κ3) is 4.24. The Bertz CT molecular complexity index is 921. The maximum absolute atomic E-state index is 12.4. The number of aromatic amines is 1. The van der Waals surface area contributed by atoms with Gasteiger partial charge in [-0.05, 0) is 18.2 Å². The van der Waals surface area contributed by atoms with Crippen LogP contribution in [-0.4, -0.2) is 35.3 Å². The van der Waals surface area contributed by atoms with Crippen molar-refractivity contribution in [3.05, 3.63) is 76.6 Å². The van der Waals surface area contributed by atoms with E-state index >= 15 is 0 Å². The summed E-state index contributed by atoms with van der Waals surface area (Å²) in [5.74, 6) is 0.231. The Balaban J connectivity index is 1.62. The SMILES string of the molecule is O=C(NC[C@@H](O)COc1ccccc1)c1cc(=O)[nH]c2ccccc12. The molecule has 0 unspecified atom stereocenters. The van der Waals surface area contributed by atoms with Crippen LogP contribution in [-0.2, 0) is 0 Å². The van der Waals surface area contributed by atoms with Crippen LogP contribution in [0.3, 0.4) is 0 Å². The van der Waals surface area contributed by atoms with E-state index in [1.54, 1.807) is 36.4 Å². The average Bonchev–Trinajstić information content (AvgIpc) is 2.64. The van der Waals surface area contributed by atoms with Crippen molar-refractivity contribution in [3.63, 3.8) is 0 Å². The van der Waals surface area contributed by atoms with Gasteiger partial charge in [0.2, 0.25) is 5.56 Å². The van der Waals surface area contributed by atoms with Crippen molar-refractivity contribution in [1.82, 2.24) is 10.3 Å². The number of hydrogen-bond acceptors (Lipinski definition) is 4. The van der Waals surface area contributed by atoms with Gasteiger partial charge in [0.25, 0.3) is 5.91 Å². The summed E-state index contributed by atoms with van der Waals surface area (Å²) in [6.45, 7) is 0.0766. The van der Waals surface area contributed by atoms with Gasteiger partial charge in [-0.3, -0.25) is 9.59 Å². The van der Waals surface area contributed by atoms with E-state index in [2.05, 4.69) is 10.3 Å². The summed E-state index contributed by atoms with van der Waals surface area (Å²) in [5, 5.41) is 13.2. The molecule has 0 spiro atoms. The molecule has 1 heterocycles. The van der Waals surface area contributed by atoms with Crippen LogP contribution in [0, 0.1) is 0 Å². The second-order valence-corrected chi connectivity index (χ2v) is 5.58. The molecule has 6 heteroatoms. The van der Waals surface area contributed by atoms with Gasteiger partial charge in [0.1, 0.15) is 18.5 Å². The highest BCUT2D eigenvalue weighted by atomic mass is 16.5. The molecule has 1 amide bonds. The van der Waals surface area contributed by atoms with Gasteiger partial charge in [0.15, 0.2) is 0 Å². The number of fused-ring (bicyclic) bond motifs is 1. The molecular weight excluding hydrogens is 320 g/mol. The first kappa shape index (κ1) is 16.7. The van der Waals surface area contributed by atoms with Gasteiger partial charge in [-0.2, -0.15) is 0 Å². The first-order chi connectivity index (χ1) is 12.1. The maximum atomic E-state index is 12.4. The van der Waals surface area contributed by atoms with Crippen LogP contribution in [0.1, 0.15) is 10.4 Å². The molecule has 0 aliphatic heterocycles. The van der Waals surface area contributed by atoms with E-state index in [1.807, 2.05) is 18.2 Å². The van der Waals surface area contributed by atoms with E-state index < -0.39 is 12.0 Å². The Morgan fingerprint density at radius 2 is 1.84 bits per heavy atom. The summed E-state index contributed by atoms with van der Waals surface area (Å²) >= 11 is 0. The third-order valence-electron chi connectivity index (χ3n) is 3.68. The highest BCUT2D eigenvalue weighted by molar-refractivity contribution is 6.05. The van der Waals surface area contributed by atoms with Gasteiger partial charge >= 0.3 is 0 Å². The number of amides is 1. The topological polar surface area (TPSA) is 91.4 Å². The van der Waals surface area contributed by atoms with Gasteiger partial charge in [-0.25, -0.2) is 0 Å². The fraction of sp³-hybridized carbons (Fsp3) is 0.158. The molecule has 0 bridgehead atoms. The number of para-hydroxylation sites is 2. The zero-order valence-corrected chi connectivity index (χ0v) is 13.4. The molecule has 3 aromatic rings. The van der Waals surface area contributed by atoms with Crippen molar-refractivity contribution < 1.29 is 14.6 Å². The van der Waals surface area contributed by atoms with Crippen LogP contribution >= 0.6 is 0 Å². The number of rotatable bonds is 6. The standard InChI is InChI=1S/C19H18N2O4/c22-13(12-25-14-6-2-1-3-7-14)11-20-19(24)16-10-18(23)21-17-9-5-4-8-15(16)17/h1-10,13,22H,11-12H2,(H,20,24)(H,21,23)/t13-/m1/s1. The Kier molecular flexibility index (Phi) is 5.11. The molecule has 0 aliphatic carbocycles. The Morgan fingerprint density at radius 3 is 2.64 bits per heavy atom. The molecule has 0 fully saturated rings. The van der Waals surface area contributed by atoms with Gasteiger partial charge in [0.05, 0.1) is 5.56 Å². The van der Waals surface area contributed by atoms with Crippen LogP contribution in [0.25, 0.3) is 10.9 Å². The first-order valence-electron chi connectivity index (χ1n) is 7.89. The smallest absolute Gasteiger partial charge is 0.252 e. The molecule has 25 heavy (non-hydrogen) atoms. The van der Waals surface area contributed by atoms with Crippen LogP contribution in [0.15, 0.2) is 65.5 Å². The lowest BCUT2D eigenvalue weighted by molar-refractivity contribution is 0.0845. The summed E-state index contributed by atoms with van der Waals surface area (Å²) in [5.41, 5.74) is 0.514. The van der Waals surface area contributed by atoms with Crippen molar-refractivity contribution in [3.8, 4) is 5.75 Å². The van der Waals surface area contributed by atoms with Crippen LogP contribution in [0.5, 0.6) is 5.75 Å². The van der Waals surface area contributed by atoms with Gasteiger partial charge in [0, 0.05) is 23.5 Å². The molecule has 0 aliphatic rings. The van der Waals surface area contributed by atoms with Crippen LogP contribution in [0.2, 0.25) is 0 Å². The molecule has 0 saturated carbocycles. The van der Waals surface area contributed by atoms with Gasteiger partial charge < -0.3 is 20.1 Å². The molecule has 3 rings (SSSR count). The molecular formula is C19H18N2O4. The normalized spacial score (nSPS) is 11.9. The summed E-state index contributed by atoms with van der Waals surface area (Å²) in [6.07, 6.45) is -0.864. The van der Waals surface area contributed by atoms with Gasteiger partial charge in [-0.15, -0.1) is 0 Å². The van der Waals surface area contributed by atoms with Crippen LogP contribution in [0.4, 0.5) is 0 Å².